The Balaban J connectivity index is 1.90. The molecule has 0 unspecified atom stereocenters. The van der Waals surface area contributed by atoms with E-state index in [9.17, 15) is 19.8 Å². The number of nitrogens with zero attached hydrogens (tertiary/aromatic N) is 1. The topological polar surface area (TPSA) is 88.8 Å². The van der Waals surface area contributed by atoms with Crippen LogP contribution in [-0.4, -0.2) is 34.1 Å². The number of rotatable bonds is 7. The Morgan fingerprint density at radius 3 is 2.11 bits per heavy atom. The van der Waals surface area contributed by atoms with Crippen LogP contribution in [0.5, 0.6) is 0 Å². The monoisotopic (exact) mass is 479 g/mol. The van der Waals surface area contributed by atoms with Gasteiger partial charge in [0.2, 0.25) is 0 Å². The number of ether oxygens (including phenoxy) is 1. The predicted molar refractivity (Wildman–Crippen MR) is 135 cm³/mol. The average Bonchev–Trinajstić information content (AvgIpc) is 3.29. The third-order valence-corrected chi connectivity index (χ3v) is 5.91. The minimum atomic E-state index is -1.67. The quantitative estimate of drug-likeness (QED) is 0.238. The number of methoxy groups -OCH3 is 1. The highest BCUT2D eigenvalue weighted by Gasteiger charge is 2.29. The van der Waals surface area contributed by atoms with Crippen molar-refractivity contribution in [2.24, 2.45) is 0 Å². The number of benzene rings is 3. The second-order valence-corrected chi connectivity index (χ2v) is 8.20. The number of hydrogen-bond acceptors (Lipinski definition) is 5. The maximum Gasteiger partial charge on any atom is 0.354 e. The van der Waals surface area contributed by atoms with Crippen molar-refractivity contribution in [1.82, 2.24) is 4.57 Å². The van der Waals surface area contributed by atoms with Gasteiger partial charge in [-0.15, -0.1) is 0 Å². The van der Waals surface area contributed by atoms with Gasteiger partial charge in [0.1, 0.15) is 11.4 Å². The number of aldehydes is 1. The van der Waals surface area contributed by atoms with Gasteiger partial charge < -0.3 is 19.5 Å². The van der Waals surface area contributed by atoms with Crippen LogP contribution in [0.1, 0.15) is 48.8 Å². The van der Waals surface area contributed by atoms with Crippen molar-refractivity contribution in [3.63, 3.8) is 0 Å². The Hall–Kier alpha value is -4.44. The van der Waals surface area contributed by atoms with Crippen LogP contribution in [0.2, 0.25) is 0 Å². The fraction of sp³-hybridized carbons (Fsp3) is 0.133. The molecule has 36 heavy (non-hydrogen) atoms. The fourth-order valence-electron chi connectivity index (χ4n) is 4.07. The zero-order valence-corrected chi connectivity index (χ0v) is 19.7. The molecule has 2 N–H and O–H groups in total. The normalized spacial score (nSPS) is 10.9. The van der Waals surface area contributed by atoms with Crippen LogP contribution in [0.15, 0.2) is 91.0 Å². The summed E-state index contributed by atoms with van der Waals surface area (Å²) in [5.74, 6) is 5.35. The van der Waals surface area contributed by atoms with Gasteiger partial charge in [-0.2, -0.15) is 0 Å². The molecule has 0 aliphatic carbocycles. The van der Waals surface area contributed by atoms with E-state index in [1.165, 1.54) is 13.2 Å². The molecule has 0 amide bonds. The molecule has 180 valence electrons. The summed E-state index contributed by atoms with van der Waals surface area (Å²) in [6.07, 6.45) is 0.626. The van der Waals surface area contributed by atoms with Crippen LogP contribution in [0.4, 0.5) is 0 Å². The number of hydrogen-bond donors (Lipinski definition) is 2. The molecular formula is C30H25NO5. The molecule has 0 bridgehead atoms. The first-order chi connectivity index (χ1) is 17.5. The van der Waals surface area contributed by atoms with Gasteiger partial charge in [-0.3, -0.25) is 4.79 Å². The van der Waals surface area contributed by atoms with Gasteiger partial charge in [-0.1, -0.05) is 90.8 Å². The van der Waals surface area contributed by atoms with E-state index >= 15 is 0 Å². The van der Waals surface area contributed by atoms with Crippen molar-refractivity contribution < 1.29 is 24.5 Å². The fourth-order valence-corrected chi connectivity index (χ4v) is 4.07. The molecule has 0 atom stereocenters. The first-order valence-electron chi connectivity index (χ1n) is 11.3. The summed E-state index contributed by atoms with van der Waals surface area (Å²) < 4.78 is 6.54. The van der Waals surface area contributed by atoms with E-state index in [0.29, 0.717) is 23.0 Å². The van der Waals surface area contributed by atoms with Crippen LogP contribution in [-0.2, 0) is 23.5 Å². The van der Waals surface area contributed by atoms with Gasteiger partial charge in [0.25, 0.3) is 0 Å². The molecule has 0 spiro atoms. The summed E-state index contributed by atoms with van der Waals surface area (Å²) in [4.78, 5) is 24.6. The summed E-state index contributed by atoms with van der Waals surface area (Å²) in [6.45, 7) is 0.0715. The lowest BCUT2D eigenvalue weighted by Gasteiger charge is -2.23. The standard InChI is InChI=1S/C30H25NO5/c1-36-29(34)28-18-24(21-33)27(31(28)19-22-9-8-10-23(17-22)20-32)15-16-30(35,25-11-4-2-5-12-25)26-13-6-3-7-14-26/h2-14,17-18,21,32,35H,19-20H2,1H3. The lowest BCUT2D eigenvalue weighted by molar-refractivity contribution is 0.0589. The number of aliphatic hydroxyl groups excluding tert-OH is 1. The van der Waals surface area contributed by atoms with Crippen molar-refractivity contribution in [3.8, 4) is 11.8 Å². The molecule has 1 aromatic heterocycles. The number of carbonyl (C=O) groups excluding carboxylic acids is 2. The highest BCUT2D eigenvalue weighted by atomic mass is 16.5. The molecule has 1 heterocycles. The second-order valence-electron chi connectivity index (χ2n) is 8.20. The van der Waals surface area contributed by atoms with E-state index in [4.69, 9.17) is 4.74 Å². The molecule has 0 saturated carbocycles. The van der Waals surface area contributed by atoms with Gasteiger partial charge in [0.05, 0.1) is 13.7 Å². The van der Waals surface area contributed by atoms with Crippen molar-refractivity contribution in [3.05, 3.63) is 130 Å². The molecule has 4 aromatic rings. The van der Waals surface area contributed by atoms with Crippen LogP contribution in [0.25, 0.3) is 0 Å². The molecule has 4 rings (SSSR count). The Labute approximate surface area is 209 Å². The largest absolute Gasteiger partial charge is 0.464 e. The van der Waals surface area contributed by atoms with Gasteiger partial charge in [-0.25, -0.2) is 4.79 Å². The van der Waals surface area contributed by atoms with E-state index in [2.05, 4.69) is 11.8 Å². The van der Waals surface area contributed by atoms with E-state index in [-0.39, 0.29) is 30.1 Å². The number of aromatic nitrogens is 1. The predicted octanol–water partition coefficient (Wildman–Crippen LogP) is 3.92. The zero-order valence-electron chi connectivity index (χ0n) is 19.7. The minimum absolute atomic E-state index is 0.128. The highest BCUT2D eigenvalue weighted by Crippen LogP contribution is 2.29. The van der Waals surface area contributed by atoms with E-state index in [1.54, 1.807) is 41.0 Å². The lowest BCUT2D eigenvalue weighted by atomic mass is 9.87. The molecule has 6 heteroatoms. The molecule has 0 aliphatic rings. The molecular weight excluding hydrogens is 454 g/mol. The number of esters is 1. The van der Waals surface area contributed by atoms with Crippen LogP contribution in [0, 0.1) is 11.8 Å². The molecule has 3 aromatic carbocycles. The first-order valence-corrected chi connectivity index (χ1v) is 11.3. The SMILES string of the molecule is COC(=O)c1cc(C=O)c(C#CC(O)(c2ccccc2)c2ccccc2)n1Cc1cccc(CO)c1. The second kappa shape index (κ2) is 10.9. The summed E-state index contributed by atoms with van der Waals surface area (Å²) >= 11 is 0. The van der Waals surface area contributed by atoms with Gasteiger partial charge in [0.15, 0.2) is 11.9 Å². The van der Waals surface area contributed by atoms with E-state index < -0.39 is 11.6 Å². The molecule has 0 radical (unpaired) electrons. The first kappa shape index (κ1) is 24.7. The Morgan fingerprint density at radius 2 is 1.56 bits per heavy atom. The minimum Gasteiger partial charge on any atom is -0.464 e. The molecule has 6 nitrogen and oxygen atoms in total. The number of aliphatic hydroxyl groups is 2. The smallest absolute Gasteiger partial charge is 0.354 e. The van der Waals surface area contributed by atoms with Crippen LogP contribution in [0.3, 0.4) is 0 Å². The summed E-state index contributed by atoms with van der Waals surface area (Å²) in [7, 11) is 1.27. The summed E-state index contributed by atoms with van der Waals surface area (Å²) in [5, 5.41) is 21.3. The van der Waals surface area contributed by atoms with Crippen molar-refractivity contribution in [1.29, 1.82) is 0 Å². The summed E-state index contributed by atoms with van der Waals surface area (Å²) in [6, 6.07) is 26.8. The third-order valence-electron chi connectivity index (χ3n) is 5.91. The Morgan fingerprint density at radius 1 is 0.944 bits per heavy atom. The van der Waals surface area contributed by atoms with E-state index in [1.807, 2.05) is 48.5 Å². The van der Waals surface area contributed by atoms with E-state index in [0.717, 1.165) is 5.56 Å². The molecule has 0 aliphatic heterocycles. The Bertz CT molecular complexity index is 1390. The zero-order chi connectivity index (χ0) is 25.5. The average molecular weight is 480 g/mol. The highest BCUT2D eigenvalue weighted by molar-refractivity contribution is 5.92. The summed E-state index contributed by atoms with van der Waals surface area (Å²) in [5.41, 5.74) is 1.60. The molecule has 0 fully saturated rings. The van der Waals surface area contributed by atoms with Crippen molar-refractivity contribution >= 4 is 12.3 Å². The maximum absolute atomic E-state index is 12.6. The Kier molecular flexibility index (Phi) is 7.45. The molecule has 0 saturated heterocycles. The third kappa shape index (κ3) is 4.98. The van der Waals surface area contributed by atoms with Gasteiger partial charge in [-0.05, 0) is 23.1 Å². The maximum atomic E-state index is 12.6. The van der Waals surface area contributed by atoms with Crippen LogP contribution < -0.4 is 0 Å². The number of carbonyl (C=O) groups is 2. The van der Waals surface area contributed by atoms with Gasteiger partial charge >= 0.3 is 5.97 Å². The lowest BCUT2D eigenvalue weighted by Crippen LogP contribution is -2.25. The van der Waals surface area contributed by atoms with Gasteiger partial charge in [0, 0.05) is 23.2 Å². The van der Waals surface area contributed by atoms with Crippen molar-refractivity contribution in [2.75, 3.05) is 7.11 Å². The van der Waals surface area contributed by atoms with Crippen molar-refractivity contribution in [2.45, 2.75) is 18.8 Å². The van der Waals surface area contributed by atoms with Crippen LogP contribution >= 0.6 is 0 Å².